The molecule has 0 unspecified atom stereocenters. The van der Waals surface area contributed by atoms with Crippen molar-refractivity contribution in [1.29, 1.82) is 0 Å². The Hall–Kier alpha value is -2.44. The van der Waals surface area contributed by atoms with E-state index in [1.807, 2.05) is 36.5 Å². The normalized spacial score (nSPS) is 15.2. The zero-order chi connectivity index (χ0) is 18.6. The number of anilines is 1. The SMILES string of the molecule is Fc1ccccc1N1CCN(Cn2ccn(Cc3ccccc3)c2=S)CC1. The fourth-order valence-electron chi connectivity index (χ4n) is 3.52. The predicted octanol–water partition coefficient (Wildman–Crippen LogP) is 3.99. The van der Waals surface area contributed by atoms with Crippen LogP contribution in [0.1, 0.15) is 5.56 Å². The molecule has 140 valence electrons. The Morgan fingerprint density at radius 3 is 2.22 bits per heavy atom. The van der Waals surface area contributed by atoms with Gasteiger partial charge in [-0.25, -0.2) is 4.39 Å². The molecule has 1 saturated heterocycles. The molecule has 2 heterocycles. The van der Waals surface area contributed by atoms with Crippen LogP contribution in [0.3, 0.4) is 0 Å². The third kappa shape index (κ3) is 4.12. The molecule has 1 fully saturated rings. The third-order valence-electron chi connectivity index (χ3n) is 5.03. The maximum absolute atomic E-state index is 14.0. The lowest BCUT2D eigenvalue weighted by Gasteiger charge is -2.36. The maximum atomic E-state index is 14.0. The van der Waals surface area contributed by atoms with Crippen molar-refractivity contribution in [3.63, 3.8) is 0 Å². The molecule has 0 aliphatic carbocycles. The van der Waals surface area contributed by atoms with Crippen molar-refractivity contribution in [3.8, 4) is 0 Å². The molecule has 0 amide bonds. The molecular weight excluding hydrogens is 359 g/mol. The van der Waals surface area contributed by atoms with Crippen LogP contribution in [0.15, 0.2) is 67.0 Å². The summed E-state index contributed by atoms with van der Waals surface area (Å²) in [4.78, 5) is 4.48. The second-order valence-electron chi connectivity index (χ2n) is 6.86. The molecule has 0 spiro atoms. The first kappa shape index (κ1) is 17.9. The number of imidazole rings is 1. The molecule has 0 N–H and O–H groups in total. The van der Waals surface area contributed by atoms with Crippen LogP contribution in [0.5, 0.6) is 0 Å². The van der Waals surface area contributed by atoms with E-state index in [0.29, 0.717) is 5.69 Å². The van der Waals surface area contributed by atoms with Gasteiger partial charge in [0.05, 0.1) is 12.4 Å². The topological polar surface area (TPSA) is 16.3 Å². The third-order valence-corrected chi connectivity index (χ3v) is 5.50. The van der Waals surface area contributed by atoms with E-state index in [2.05, 4.69) is 37.3 Å². The molecule has 0 bridgehead atoms. The van der Waals surface area contributed by atoms with Crippen molar-refractivity contribution in [3.05, 3.63) is 83.1 Å². The summed E-state index contributed by atoms with van der Waals surface area (Å²) in [5.41, 5.74) is 1.94. The van der Waals surface area contributed by atoms with Gasteiger partial charge in [-0.2, -0.15) is 0 Å². The zero-order valence-corrected chi connectivity index (χ0v) is 16.0. The lowest BCUT2D eigenvalue weighted by Crippen LogP contribution is -2.47. The Balaban J connectivity index is 1.37. The molecule has 0 radical (unpaired) electrons. The maximum Gasteiger partial charge on any atom is 0.181 e. The number of nitrogens with zero attached hydrogens (tertiary/aromatic N) is 4. The van der Waals surface area contributed by atoms with E-state index in [0.717, 1.165) is 44.2 Å². The van der Waals surface area contributed by atoms with E-state index in [-0.39, 0.29) is 5.82 Å². The Morgan fingerprint density at radius 1 is 0.815 bits per heavy atom. The van der Waals surface area contributed by atoms with Crippen molar-refractivity contribution < 1.29 is 4.39 Å². The van der Waals surface area contributed by atoms with Crippen molar-refractivity contribution >= 4 is 17.9 Å². The highest BCUT2D eigenvalue weighted by molar-refractivity contribution is 7.71. The number of para-hydroxylation sites is 1. The van der Waals surface area contributed by atoms with Gasteiger partial charge in [0.25, 0.3) is 0 Å². The number of aromatic nitrogens is 2. The number of benzene rings is 2. The fraction of sp³-hybridized carbons (Fsp3) is 0.286. The second-order valence-corrected chi connectivity index (χ2v) is 7.23. The Bertz CT molecular complexity index is 942. The van der Waals surface area contributed by atoms with Crippen molar-refractivity contribution in [2.75, 3.05) is 31.1 Å². The number of halogens is 1. The molecule has 1 aliphatic heterocycles. The van der Waals surface area contributed by atoms with E-state index in [9.17, 15) is 4.39 Å². The summed E-state index contributed by atoms with van der Waals surface area (Å²) in [5.74, 6) is -0.147. The molecule has 27 heavy (non-hydrogen) atoms. The van der Waals surface area contributed by atoms with E-state index in [1.54, 1.807) is 6.07 Å². The van der Waals surface area contributed by atoms with Crippen LogP contribution in [0.2, 0.25) is 0 Å². The first-order chi connectivity index (χ1) is 13.2. The lowest BCUT2D eigenvalue weighted by atomic mass is 10.2. The van der Waals surface area contributed by atoms with Crippen LogP contribution in [0, 0.1) is 10.6 Å². The summed E-state index contributed by atoms with van der Waals surface area (Å²) < 4.78 is 19.0. The van der Waals surface area contributed by atoms with Crippen molar-refractivity contribution in [2.24, 2.45) is 0 Å². The molecule has 0 saturated carbocycles. The van der Waals surface area contributed by atoms with Gasteiger partial charge in [0.1, 0.15) is 5.82 Å². The van der Waals surface area contributed by atoms with Crippen molar-refractivity contribution in [1.82, 2.24) is 14.0 Å². The van der Waals surface area contributed by atoms with E-state index >= 15 is 0 Å². The van der Waals surface area contributed by atoms with Gasteiger partial charge in [-0.1, -0.05) is 42.5 Å². The molecule has 3 aromatic rings. The Morgan fingerprint density at radius 2 is 1.48 bits per heavy atom. The minimum atomic E-state index is -0.147. The summed E-state index contributed by atoms with van der Waals surface area (Å²) in [6.45, 7) is 4.97. The quantitative estimate of drug-likeness (QED) is 0.621. The van der Waals surface area contributed by atoms with Gasteiger partial charge in [-0.05, 0) is 29.9 Å². The highest BCUT2D eigenvalue weighted by atomic mass is 32.1. The summed E-state index contributed by atoms with van der Waals surface area (Å²) in [6, 6.07) is 17.3. The molecular formula is C21H23FN4S. The summed E-state index contributed by atoms with van der Waals surface area (Å²) in [6.07, 6.45) is 4.10. The Labute approximate surface area is 164 Å². The monoisotopic (exact) mass is 382 g/mol. The highest BCUT2D eigenvalue weighted by Crippen LogP contribution is 2.20. The average molecular weight is 383 g/mol. The van der Waals surface area contributed by atoms with Gasteiger partial charge < -0.3 is 14.0 Å². The summed E-state index contributed by atoms with van der Waals surface area (Å²) in [7, 11) is 0. The molecule has 6 heteroatoms. The van der Waals surface area contributed by atoms with E-state index in [1.165, 1.54) is 11.6 Å². The zero-order valence-electron chi connectivity index (χ0n) is 15.2. The average Bonchev–Trinajstić information content (AvgIpc) is 3.03. The number of rotatable bonds is 5. The molecule has 1 aliphatic rings. The van der Waals surface area contributed by atoms with Gasteiger partial charge in [0.15, 0.2) is 4.77 Å². The van der Waals surface area contributed by atoms with Crippen LogP contribution in [0.25, 0.3) is 0 Å². The lowest BCUT2D eigenvalue weighted by molar-refractivity contribution is 0.204. The van der Waals surface area contributed by atoms with Crippen LogP contribution in [-0.4, -0.2) is 40.2 Å². The molecule has 4 rings (SSSR count). The Kier molecular flexibility index (Phi) is 5.36. The van der Waals surface area contributed by atoms with Gasteiger partial charge in [-0.15, -0.1) is 0 Å². The van der Waals surface area contributed by atoms with E-state index < -0.39 is 0 Å². The van der Waals surface area contributed by atoms with Gasteiger partial charge in [0.2, 0.25) is 0 Å². The van der Waals surface area contributed by atoms with Crippen LogP contribution >= 0.6 is 12.2 Å². The minimum absolute atomic E-state index is 0.147. The molecule has 1 aromatic heterocycles. The smallest absolute Gasteiger partial charge is 0.181 e. The molecule has 0 atom stereocenters. The van der Waals surface area contributed by atoms with Crippen LogP contribution in [0.4, 0.5) is 10.1 Å². The highest BCUT2D eigenvalue weighted by Gasteiger charge is 2.19. The first-order valence-corrected chi connectivity index (χ1v) is 9.63. The molecule has 4 nitrogen and oxygen atoms in total. The number of piperazine rings is 1. The number of hydrogen-bond donors (Lipinski definition) is 0. The van der Waals surface area contributed by atoms with Crippen molar-refractivity contribution in [2.45, 2.75) is 13.2 Å². The van der Waals surface area contributed by atoms with Gasteiger partial charge >= 0.3 is 0 Å². The van der Waals surface area contributed by atoms with Gasteiger partial charge in [-0.3, -0.25) is 4.90 Å². The second kappa shape index (κ2) is 8.06. The molecule has 2 aromatic carbocycles. The fourth-order valence-corrected chi connectivity index (χ4v) is 3.76. The standard InChI is InChI=1S/C21H23FN4S/c22-19-8-4-5-9-20(19)24-12-10-23(11-13-24)17-26-15-14-25(21(26)27)16-18-6-2-1-3-7-18/h1-9,14-15H,10-13,16-17H2. The summed E-state index contributed by atoms with van der Waals surface area (Å²) in [5, 5.41) is 0. The van der Waals surface area contributed by atoms with Gasteiger partial charge in [0, 0.05) is 45.1 Å². The first-order valence-electron chi connectivity index (χ1n) is 9.22. The largest absolute Gasteiger partial charge is 0.367 e. The van der Waals surface area contributed by atoms with E-state index in [4.69, 9.17) is 12.2 Å². The van der Waals surface area contributed by atoms with Crippen LogP contribution in [-0.2, 0) is 13.2 Å². The number of hydrogen-bond acceptors (Lipinski definition) is 3. The summed E-state index contributed by atoms with van der Waals surface area (Å²) >= 11 is 5.65. The minimum Gasteiger partial charge on any atom is -0.367 e. The van der Waals surface area contributed by atoms with Crippen LogP contribution < -0.4 is 4.90 Å². The predicted molar refractivity (Wildman–Crippen MR) is 109 cm³/mol.